The number of likely N-dealkylation sites (tertiary alicyclic amines) is 1. The van der Waals surface area contributed by atoms with Gasteiger partial charge in [0.15, 0.2) is 5.78 Å². The van der Waals surface area contributed by atoms with Gasteiger partial charge in [-0.05, 0) is 19.1 Å². The molecule has 2 aliphatic rings. The molecule has 1 aliphatic heterocycles. The first-order valence-corrected chi connectivity index (χ1v) is 6.35. The lowest BCUT2D eigenvalue weighted by Gasteiger charge is -2.27. The predicted octanol–water partition coefficient (Wildman–Crippen LogP) is 1.07. The van der Waals surface area contributed by atoms with Crippen LogP contribution >= 0.6 is 11.8 Å². The van der Waals surface area contributed by atoms with Crippen molar-refractivity contribution in [3.8, 4) is 0 Å². The third kappa shape index (κ3) is 1.67. The summed E-state index contributed by atoms with van der Waals surface area (Å²) in [6.07, 6.45) is 5.67. The molecule has 1 amide bonds. The van der Waals surface area contributed by atoms with Gasteiger partial charge in [0.2, 0.25) is 5.91 Å². The van der Waals surface area contributed by atoms with Crippen LogP contribution in [-0.4, -0.2) is 40.7 Å². The van der Waals surface area contributed by atoms with Crippen LogP contribution in [0, 0.1) is 0 Å². The molecule has 1 saturated heterocycles. The van der Waals surface area contributed by atoms with Crippen LogP contribution in [0.25, 0.3) is 0 Å². The van der Waals surface area contributed by atoms with Gasteiger partial charge in [0.25, 0.3) is 0 Å². The Morgan fingerprint density at radius 2 is 2.14 bits per heavy atom. The Bertz CT molecular complexity index is 267. The Hall–Kier alpha value is -0.510. The molecule has 1 saturated carbocycles. The standard InChI is InChI=1S/C10H15NO2S/c1-14-9-4-2-3-8(9)11-6-7(12)5-10(11)13/h8-9H,2-6H2,1H3. The number of carbonyl (C=O) groups excluding carboxylic acids is 2. The summed E-state index contributed by atoms with van der Waals surface area (Å²) >= 11 is 1.83. The molecule has 3 nitrogen and oxygen atoms in total. The molecule has 0 aromatic carbocycles. The number of ketones is 1. The van der Waals surface area contributed by atoms with Crippen molar-refractivity contribution in [3.63, 3.8) is 0 Å². The Labute approximate surface area is 88.2 Å². The topological polar surface area (TPSA) is 37.4 Å². The van der Waals surface area contributed by atoms with E-state index in [4.69, 9.17) is 0 Å². The van der Waals surface area contributed by atoms with E-state index < -0.39 is 0 Å². The molecule has 2 rings (SSSR count). The molecule has 0 spiro atoms. The van der Waals surface area contributed by atoms with E-state index in [0.717, 1.165) is 6.42 Å². The van der Waals surface area contributed by atoms with Crippen LogP contribution in [0.1, 0.15) is 25.7 Å². The lowest BCUT2D eigenvalue weighted by molar-refractivity contribution is -0.129. The zero-order valence-electron chi connectivity index (χ0n) is 8.36. The van der Waals surface area contributed by atoms with Crippen LogP contribution in [-0.2, 0) is 9.59 Å². The summed E-state index contributed by atoms with van der Waals surface area (Å²) in [5.74, 6) is 0.128. The van der Waals surface area contributed by atoms with E-state index in [-0.39, 0.29) is 18.1 Å². The molecule has 2 fully saturated rings. The summed E-state index contributed by atoms with van der Waals surface area (Å²) in [5.41, 5.74) is 0. The second-order valence-corrected chi connectivity index (χ2v) is 5.09. The molecular weight excluding hydrogens is 198 g/mol. The van der Waals surface area contributed by atoms with Crippen molar-refractivity contribution in [1.82, 2.24) is 4.90 Å². The summed E-state index contributed by atoms with van der Waals surface area (Å²) in [6.45, 7) is 0.362. The smallest absolute Gasteiger partial charge is 0.230 e. The number of Topliss-reactive ketones (excluding diaryl/α,β-unsaturated/α-hetero) is 1. The fraction of sp³-hybridized carbons (Fsp3) is 0.800. The first-order valence-electron chi connectivity index (χ1n) is 5.06. The van der Waals surface area contributed by atoms with Gasteiger partial charge in [-0.3, -0.25) is 9.59 Å². The fourth-order valence-electron chi connectivity index (χ4n) is 2.44. The third-order valence-corrected chi connectivity index (χ3v) is 4.29. The number of carbonyl (C=O) groups is 2. The third-order valence-electron chi connectivity index (χ3n) is 3.14. The van der Waals surface area contributed by atoms with E-state index in [1.807, 2.05) is 11.8 Å². The van der Waals surface area contributed by atoms with E-state index >= 15 is 0 Å². The minimum Gasteiger partial charge on any atom is -0.331 e. The highest BCUT2D eigenvalue weighted by atomic mass is 32.2. The summed E-state index contributed by atoms with van der Waals surface area (Å²) in [6, 6.07) is 0.323. The lowest BCUT2D eigenvalue weighted by atomic mass is 10.2. The predicted molar refractivity (Wildman–Crippen MR) is 56.3 cm³/mol. The van der Waals surface area contributed by atoms with E-state index in [1.165, 1.54) is 12.8 Å². The zero-order valence-corrected chi connectivity index (χ0v) is 9.18. The van der Waals surface area contributed by atoms with Crippen LogP contribution in [0.3, 0.4) is 0 Å². The minimum absolute atomic E-state index is 0.0425. The van der Waals surface area contributed by atoms with Gasteiger partial charge in [0.1, 0.15) is 0 Å². The zero-order chi connectivity index (χ0) is 10.1. The summed E-state index contributed by atoms with van der Waals surface area (Å²) in [7, 11) is 0. The minimum atomic E-state index is 0.0425. The van der Waals surface area contributed by atoms with Gasteiger partial charge in [-0.25, -0.2) is 0 Å². The highest BCUT2D eigenvalue weighted by Crippen LogP contribution is 2.33. The second kappa shape index (κ2) is 3.93. The lowest BCUT2D eigenvalue weighted by Crippen LogP contribution is -2.40. The maximum atomic E-state index is 11.5. The number of thioether (sulfide) groups is 1. The van der Waals surface area contributed by atoms with Crippen molar-refractivity contribution >= 4 is 23.5 Å². The highest BCUT2D eigenvalue weighted by molar-refractivity contribution is 7.99. The summed E-state index contributed by atoms with van der Waals surface area (Å²) in [5, 5.41) is 0.546. The number of hydrogen-bond donors (Lipinski definition) is 0. The average Bonchev–Trinajstić information content (AvgIpc) is 2.71. The van der Waals surface area contributed by atoms with Crippen LogP contribution in [0.15, 0.2) is 0 Å². The van der Waals surface area contributed by atoms with Crippen molar-refractivity contribution in [3.05, 3.63) is 0 Å². The van der Waals surface area contributed by atoms with Gasteiger partial charge in [0.05, 0.1) is 13.0 Å². The molecule has 2 unspecified atom stereocenters. The molecule has 1 aliphatic carbocycles. The van der Waals surface area contributed by atoms with Gasteiger partial charge in [-0.15, -0.1) is 0 Å². The van der Waals surface area contributed by atoms with Crippen molar-refractivity contribution < 1.29 is 9.59 Å². The number of amides is 1. The number of nitrogens with zero attached hydrogens (tertiary/aromatic N) is 1. The average molecular weight is 213 g/mol. The monoisotopic (exact) mass is 213 g/mol. The molecule has 0 aromatic heterocycles. The van der Waals surface area contributed by atoms with Gasteiger partial charge < -0.3 is 4.90 Å². The molecule has 1 heterocycles. The summed E-state index contributed by atoms with van der Waals surface area (Å²) in [4.78, 5) is 24.5. The first-order chi connectivity index (χ1) is 6.72. The van der Waals surface area contributed by atoms with Crippen molar-refractivity contribution in [2.75, 3.05) is 12.8 Å². The van der Waals surface area contributed by atoms with Crippen LogP contribution < -0.4 is 0 Å². The molecular formula is C10H15NO2S. The SMILES string of the molecule is CSC1CCCC1N1CC(=O)CC1=O. The van der Waals surface area contributed by atoms with Crippen molar-refractivity contribution in [1.29, 1.82) is 0 Å². The van der Waals surface area contributed by atoms with Crippen LogP contribution in [0.5, 0.6) is 0 Å². The van der Waals surface area contributed by atoms with Gasteiger partial charge in [-0.2, -0.15) is 11.8 Å². The number of rotatable bonds is 2. The maximum Gasteiger partial charge on any atom is 0.230 e. The first kappa shape index (κ1) is 10.0. The highest BCUT2D eigenvalue weighted by Gasteiger charge is 2.38. The Morgan fingerprint density at radius 1 is 1.36 bits per heavy atom. The molecule has 4 heteroatoms. The van der Waals surface area contributed by atoms with E-state index in [9.17, 15) is 9.59 Å². The Balaban J connectivity index is 2.07. The van der Waals surface area contributed by atoms with Crippen molar-refractivity contribution in [2.45, 2.75) is 37.0 Å². The molecule has 2 atom stereocenters. The fourth-order valence-corrected chi connectivity index (χ4v) is 3.44. The van der Waals surface area contributed by atoms with E-state index in [1.54, 1.807) is 4.90 Å². The molecule has 78 valence electrons. The summed E-state index contributed by atoms with van der Waals surface area (Å²) < 4.78 is 0. The molecule has 0 bridgehead atoms. The van der Waals surface area contributed by atoms with Gasteiger partial charge >= 0.3 is 0 Å². The molecule has 0 radical (unpaired) electrons. The molecule has 0 aromatic rings. The quantitative estimate of drug-likeness (QED) is 0.644. The van der Waals surface area contributed by atoms with E-state index in [2.05, 4.69) is 6.26 Å². The Kier molecular flexibility index (Phi) is 2.81. The van der Waals surface area contributed by atoms with Crippen LogP contribution in [0.4, 0.5) is 0 Å². The van der Waals surface area contributed by atoms with Crippen LogP contribution in [0.2, 0.25) is 0 Å². The number of hydrogen-bond acceptors (Lipinski definition) is 3. The van der Waals surface area contributed by atoms with Crippen molar-refractivity contribution in [2.24, 2.45) is 0 Å². The van der Waals surface area contributed by atoms with Gasteiger partial charge in [-0.1, -0.05) is 6.42 Å². The molecule has 0 N–H and O–H groups in total. The Morgan fingerprint density at radius 3 is 2.71 bits per heavy atom. The second-order valence-electron chi connectivity index (χ2n) is 4.01. The maximum absolute atomic E-state index is 11.5. The molecule has 14 heavy (non-hydrogen) atoms. The van der Waals surface area contributed by atoms with E-state index in [0.29, 0.717) is 17.8 Å². The largest absolute Gasteiger partial charge is 0.331 e. The normalized spacial score (nSPS) is 33.1. The van der Waals surface area contributed by atoms with Gasteiger partial charge in [0, 0.05) is 11.3 Å².